The van der Waals surface area contributed by atoms with Crippen LogP contribution in [0.4, 0.5) is 4.39 Å². The molecular formula is C15H18BFO4. The molecule has 1 aromatic carbocycles. The van der Waals surface area contributed by atoms with Crippen LogP contribution in [0.1, 0.15) is 33.3 Å². The van der Waals surface area contributed by atoms with Gasteiger partial charge in [0.25, 0.3) is 0 Å². The summed E-state index contributed by atoms with van der Waals surface area (Å²) in [5.74, 6) is -1.50. The molecule has 1 N–H and O–H groups in total. The van der Waals surface area contributed by atoms with Gasteiger partial charge in [0.05, 0.1) is 11.2 Å². The Morgan fingerprint density at radius 2 is 1.81 bits per heavy atom. The highest BCUT2D eigenvalue weighted by Gasteiger charge is 2.52. The van der Waals surface area contributed by atoms with E-state index >= 15 is 0 Å². The van der Waals surface area contributed by atoms with Crippen molar-refractivity contribution in [2.75, 3.05) is 0 Å². The lowest BCUT2D eigenvalue weighted by molar-refractivity contribution is -0.131. The lowest BCUT2D eigenvalue weighted by Gasteiger charge is -2.32. The highest BCUT2D eigenvalue weighted by molar-refractivity contribution is 6.62. The molecule has 1 aliphatic rings. The Morgan fingerprint density at radius 1 is 1.24 bits per heavy atom. The molecule has 6 heteroatoms. The molecule has 1 aliphatic heterocycles. The fourth-order valence-electron chi connectivity index (χ4n) is 1.98. The number of carboxylic acid groups (broad SMARTS) is 1. The Bertz CT molecular complexity index is 579. The number of aliphatic carboxylic acids is 1. The van der Waals surface area contributed by atoms with E-state index in [0.29, 0.717) is 5.56 Å². The number of carbonyl (C=O) groups is 1. The van der Waals surface area contributed by atoms with Crippen molar-refractivity contribution in [3.8, 4) is 0 Å². The van der Waals surface area contributed by atoms with Gasteiger partial charge in [-0.2, -0.15) is 0 Å². The first-order valence-electron chi connectivity index (χ1n) is 6.68. The molecule has 1 heterocycles. The molecule has 0 amide bonds. The smallest absolute Gasteiger partial charge is 0.478 e. The summed E-state index contributed by atoms with van der Waals surface area (Å²) >= 11 is 0. The minimum Gasteiger partial charge on any atom is -0.478 e. The van der Waals surface area contributed by atoms with Gasteiger partial charge in [-0.3, -0.25) is 0 Å². The number of hydrogen-bond donors (Lipinski definition) is 1. The standard InChI is InChI=1S/C15H18BFO4/c1-14(2)15(3,4)21-16(20-14)11-9-10(5-7-12(11)17)6-8-13(18)19/h5-9H,1-4H3,(H,18,19)/b8-6+. The van der Waals surface area contributed by atoms with Gasteiger partial charge in [-0.1, -0.05) is 12.1 Å². The van der Waals surface area contributed by atoms with Crippen LogP contribution in [-0.4, -0.2) is 29.4 Å². The van der Waals surface area contributed by atoms with E-state index < -0.39 is 30.1 Å². The highest BCUT2D eigenvalue weighted by Crippen LogP contribution is 2.36. The third-order valence-corrected chi connectivity index (χ3v) is 3.95. The van der Waals surface area contributed by atoms with Crippen molar-refractivity contribution < 1.29 is 23.6 Å². The Balaban J connectivity index is 2.33. The minimum absolute atomic E-state index is 0.265. The Kier molecular flexibility index (Phi) is 3.95. The third-order valence-electron chi connectivity index (χ3n) is 3.95. The second-order valence-corrected chi connectivity index (χ2v) is 6.04. The van der Waals surface area contributed by atoms with Crippen molar-refractivity contribution in [1.82, 2.24) is 0 Å². The predicted molar refractivity (Wildman–Crippen MR) is 78.8 cm³/mol. The monoisotopic (exact) mass is 292 g/mol. The molecule has 1 saturated heterocycles. The molecule has 0 aromatic heterocycles. The molecule has 0 bridgehead atoms. The lowest BCUT2D eigenvalue weighted by atomic mass is 9.78. The average molecular weight is 292 g/mol. The van der Waals surface area contributed by atoms with Crippen LogP contribution in [0.3, 0.4) is 0 Å². The normalized spacial score (nSPS) is 20.1. The lowest BCUT2D eigenvalue weighted by Crippen LogP contribution is -2.41. The molecule has 0 spiro atoms. The van der Waals surface area contributed by atoms with Gasteiger partial charge in [-0.05, 0) is 45.4 Å². The third kappa shape index (κ3) is 3.17. The van der Waals surface area contributed by atoms with E-state index in [9.17, 15) is 9.18 Å². The summed E-state index contributed by atoms with van der Waals surface area (Å²) in [4.78, 5) is 10.5. The number of rotatable bonds is 3. The van der Waals surface area contributed by atoms with Crippen molar-refractivity contribution in [2.24, 2.45) is 0 Å². The highest BCUT2D eigenvalue weighted by atomic mass is 19.1. The number of benzene rings is 1. The quantitative estimate of drug-likeness (QED) is 0.685. The summed E-state index contributed by atoms with van der Waals surface area (Å²) in [7, 11) is -0.812. The minimum atomic E-state index is -1.06. The first-order valence-corrected chi connectivity index (χ1v) is 6.68. The first kappa shape index (κ1) is 15.7. The van der Waals surface area contributed by atoms with E-state index in [4.69, 9.17) is 14.4 Å². The van der Waals surface area contributed by atoms with Gasteiger partial charge in [-0.25, -0.2) is 9.18 Å². The maximum absolute atomic E-state index is 14.0. The Labute approximate surface area is 123 Å². The van der Waals surface area contributed by atoms with Gasteiger partial charge in [0.15, 0.2) is 0 Å². The van der Waals surface area contributed by atoms with E-state index in [1.807, 2.05) is 27.7 Å². The van der Waals surface area contributed by atoms with Crippen LogP contribution in [0.5, 0.6) is 0 Å². The SMILES string of the molecule is CC1(C)OB(c2cc(/C=C/C(=O)O)ccc2F)OC1(C)C. The molecule has 2 rings (SSSR count). The van der Waals surface area contributed by atoms with Crippen molar-refractivity contribution in [3.63, 3.8) is 0 Å². The fourth-order valence-corrected chi connectivity index (χ4v) is 1.98. The average Bonchev–Trinajstić information content (AvgIpc) is 2.57. The van der Waals surface area contributed by atoms with E-state index in [-0.39, 0.29) is 5.46 Å². The number of halogens is 1. The molecule has 0 aliphatic carbocycles. The summed E-state index contributed by atoms with van der Waals surface area (Å²) in [6.07, 6.45) is 2.40. The predicted octanol–water partition coefficient (Wildman–Crippen LogP) is 2.22. The zero-order valence-corrected chi connectivity index (χ0v) is 12.5. The van der Waals surface area contributed by atoms with Crippen LogP contribution in [0, 0.1) is 5.82 Å². The molecule has 1 aromatic rings. The fraction of sp³-hybridized carbons (Fsp3) is 0.400. The summed E-state index contributed by atoms with van der Waals surface area (Å²) < 4.78 is 25.6. The molecule has 0 unspecified atom stereocenters. The van der Waals surface area contributed by atoms with Crippen molar-refractivity contribution in [2.45, 2.75) is 38.9 Å². The number of hydrogen-bond acceptors (Lipinski definition) is 3. The van der Waals surface area contributed by atoms with Gasteiger partial charge < -0.3 is 14.4 Å². The van der Waals surface area contributed by atoms with Crippen LogP contribution in [-0.2, 0) is 14.1 Å². The van der Waals surface area contributed by atoms with E-state index in [1.165, 1.54) is 24.3 Å². The van der Waals surface area contributed by atoms with Gasteiger partial charge in [0.1, 0.15) is 5.82 Å². The first-order chi connectivity index (χ1) is 9.62. The Morgan fingerprint density at radius 3 is 2.33 bits per heavy atom. The molecule has 0 atom stereocenters. The zero-order chi connectivity index (χ0) is 15.8. The van der Waals surface area contributed by atoms with Gasteiger partial charge in [0.2, 0.25) is 0 Å². The van der Waals surface area contributed by atoms with Crippen LogP contribution in [0.2, 0.25) is 0 Å². The van der Waals surface area contributed by atoms with Crippen LogP contribution in [0.15, 0.2) is 24.3 Å². The van der Waals surface area contributed by atoms with Crippen molar-refractivity contribution >= 4 is 24.6 Å². The molecule has 0 radical (unpaired) electrons. The molecule has 0 saturated carbocycles. The molecule has 21 heavy (non-hydrogen) atoms. The molecule has 1 fully saturated rings. The summed E-state index contributed by atoms with van der Waals surface area (Å²) in [6, 6.07) is 4.32. The molecule has 112 valence electrons. The second kappa shape index (κ2) is 5.28. The van der Waals surface area contributed by atoms with E-state index in [1.54, 1.807) is 0 Å². The van der Waals surface area contributed by atoms with Crippen LogP contribution >= 0.6 is 0 Å². The van der Waals surface area contributed by atoms with Crippen LogP contribution in [0.25, 0.3) is 6.08 Å². The van der Waals surface area contributed by atoms with Crippen LogP contribution < -0.4 is 5.46 Å². The maximum Gasteiger partial charge on any atom is 0.497 e. The zero-order valence-electron chi connectivity index (χ0n) is 12.5. The van der Waals surface area contributed by atoms with Crippen molar-refractivity contribution in [1.29, 1.82) is 0 Å². The Hall–Kier alpha value is -1.66. The summed E-state index contributed by atoms with van der Waals surface area (Å²) in [6.45, 7) is 7.55. The largest absolute Gasteiger partial charge is 0.497 e. The molecular weight excluding hydrogens is 274 g/mol. The van der Waals surface area contributed by atoms with Gasteiger partial charge in [-0.15, -0.1) is 0 Å². The summed E-state index contributed by atoms with van der Waals surface area (Å²) in [5.41, 5.74) is -0.279. The topological polar surface area (TPSA) is 55.8 Å². The second-order valence-electron chi connectivity index (χ2n) is 6.04. The van der Waals surface area contributed by atoms with Crippen molar-refractivity contribution in [3.05, 3.63) is 35.7 Å². The van der Waals surface area contributed by atoms with Gasteiger partial charge >= 0.3 is 13.1 Å². The number of carboxylic acids is 1. The maximum atomic E-state index is 14.0. The molecule has 4 nitrogen and oxygen atoms in total. The van der Waals surface area contributed by atoms with Gasteiger partial charge in [0, 0.05) is 11.5 Å². The summed E-state index contributed by atoms with van der Waals surface area (Å²) in [5, 5.41) is 8.64. The van der Waals surface area contributed by atoms with E-state index in [2.05, 4.69) is 0 Å². The van der Waals surface area contributed by atoms with E-state index in [0.717, 1.165) is 6.08 Å².